The van der Waals surface area contributed by atoms with Gasteiger partial charge in [-0.2, -0.15) is 26.3 Å². The SMILES string of the molecule is CC(C)(N)CC(=O)NC1CCc2ccccc2N(Cc2ccc(-c3ccccc3Oc3ccc(N)cc3)cc2)C1=O.O=C(O)C(F)(F)F.O=C(O)C(F)(F)F. The number of amides is 2. The number of ether oxygens (including phenoxy) is 1. The number of carbonyl (C=O) groups excluding carboxylic acids is 2. The Kier molecular flexibility index (Phi) is 14.4. The molecular formula is C38H38F6N4O7. The minimum absolute atomic E-state index is 0.121. The number of anilines is 2. The summed E-state index contributed by atoms with van der Waals surface area (Å²) in [6.07, 6.45) is -8.79. The number of aryl methyl sites for hydroxylation is 1. The van der Waals surface area contributed by atoms with Crippen molar-refractivity contribution in [1.29, 1.82) is 0 Å². The van der Waals surface area contributed by atoms with Gasteiger partial charge in [-0.15, -0.1) is 0 Å². The largest absolute Gasteiger partial charge is 0.490 e. The Morgan fingerprint density at radius 3 is 1.89 bits per heavy atom. The average molecular weight is 777 g/mol. The fourth-order valence-electron chi connectivity index (χ4n) is 5.10. The minimum Gasteiger partial charge on any atom is -0.475 e. The molecule has 1 unspecified atom stereocenters. The number of rotatable bonds is 8. The Morgan fingerprint density at radius 2 is 1.35 bits per heavy atom. The predicted octanol–water partition coefficient (Wildman–Crippen LogP) is 7.09. The first-order valence-electron chi connectivity index (χ1n) is 16.3. The van der Waals surface area contributed by atoms with Crippen LogP contribution in [-0.4, -0.2) is 57.9 Å². The van der Waals surface area contributed by atoms with E-state index < -0.39 is 35.9 Å². The van der Waals surface area contributed by atoms with Crippen molar-refractivity contribution in [1.82, 2.24) is 5.32 Å². The van der Waals surface area contributed by atoms with Gasteiger partial charge in [0.15, 0.2) is 0 Å². The van der Waals surface area contributed by atoms with Crippen LogP contribution in [0.3, 0.4) is 0 Å². The average Bonchev–Trinajstić information content (AvgIpc) is 3.21. The number of para-hydroxylation sites is 2. The molecule has 0 fully saturated rings. The summed E-state index contributed by atoms with van der Waals surface area (Å²) in [5.41, 5.74) is 16.8. The number of alkyl halides is 6. The lowest BCUT2D eigenvalue weighted by molar-refractivity contribution is -0.193. The number of nitrogens with one attached hydrogen (secondary N) is 1. The summed E-state index contributed by atoms with van der Waals surface area (Å²) >= 11 is 0. The van der Waals surface area contributed by atoms with Gasteiger partial charge >= 0.3 is 24.3 Å². The summed E-state index contributed by atoms with van der Waals surface area (Å²) in [6, 6.07) is 30.6. The van der Waals surface area contributed by atoms with Crippen LogP contribution in [0.1, 0.15) is 37.8 Å². The number of nitrogen functional groups attached to an aromatic ring is 1. The minimum atomic E-state index is -5.08. The van der Waals surface area contributed by atoms with E-state index >= 15 is 0 Å². The van der Waals surface area contributed by atoms with Crippen molar-refractivity contribution >= 4 is 35.1 Å². The summed E-state index contributed by atoms with van der Waals surface area (Å²) < 4.78 is 69.6. The number of carbonyl (C=O) groups is 4. The van der Waals surface area contributed by atoms with E-state index in [1.807, 2.05) is 97.1 Å². The number of nitrogens with zero attached hydrogens (tertiary/aromatic N) is 1. The van der Waals surface area contributed by atoms with Gasteiger partial charge in [0.2, 0.25) is 11.8 Å². The number of hydrogen-bond donors (Lipinski definition) is 5. The van der Waals surface area contributed by atoms with Gasteiger partial charge in [-0.05, 0) is 79.8 Å². The predicted molar refractivity (Wildman–Crippen MR) is 191 cm³/mol. The normalized spacial score (nSPS) is 14.2. The van der Waals surface area contributed by atoms with Crippen molar-refractivity contribution in [3.8, 4) is 22.6 Å². The van der Waals surface area contributed by atoms with Gasteiger partial charge in [0.1, 0.15) is 17.5 Å². The zero-order valence-electron chi connectivity index (χ0n) is 29.4. The lowest BCUT2D eigenvalue weighted by Crippen LogP contribution is -2.49. The first kappa shape index (κ1) is 43.3. The van der Waals surface area contributed by atoms with Crippen LogP contribution in [0, 0.1) is 0 Å². The number of halogens is 6. The first-order chi connectivity index (χ1) is 25.5. The molecule has 2 amide bonds. The molecule has 1 aliphatic rings. The molecule has 4 aromatic carbocycles. The Morgan fingerprint density at radius 1 is 0.818 bits per heavy atom. The summed E-state index contributed by atoms with van der Waals surface area (Å²) in [6.45, 7) is 3.99. The van der Waals surface area contributed by atoms with Crippen molar-refractivity contribution < 1.29 is 60.5 Å². The molecular weight excluding hydrogens is 738 g/mol. The first-order valence-corrected chi connectivity index (χ1v) is 16.3. The number of carboxylic acid groups (broad SMARTS) is 2. The van der Waals surface area contributed by atoms with E-state index in [4.69, 9.17) is 36.0 Å². The van der Waals surface area contributed by atoms with E-state index in [9.17, 15) is 35.9 Å². The molecule has 5 rings (SSSR count). The van der Waals surface area contributed by atoms with Crippen LogP contribution in [0.25, 0.3) is 11.1 Å². The van der Waals surface area contributed by atoms with Crippen LogP contribution >= 0.6 is 0 Å². The fourth-order valence-corrected chi connectivity index (χ4v) is 5.10. The van der Waals surface area contributed by atoms with Gasteiger partial charge in [-0.25, -0.2) is 9.59 Å². The third kappa shape index (κ3) is 13.7. The zero-order valence-corrected chi connectivity index (χ0v) is 29.4. The molecule has 0 saturated heterocycles. The maximum atomic E-state index is 13.8. The molecule has 7 N–H and O–H groups in total. The molecule has 55 heavy (non-hydrogen) atoms. The van der Waals surface area contributed by atoms with E-state index in [0.29, 0.717) is 30.8 Å². The standard InChI is InChI=1S/C34H36N4O3.2C2HF3O2/c1-34(2,36)21-32(39)37-29-20-15-25-7-3-5-9-30(25)38(33(29)40)22-23-11-13-24(14-12-23)28-8-4-6-10-31(28)41-27-18-16-26(35)17-19-27;2*3-2(4,5)1(6)7/h3-14,16-19,29H,15,20-22,35-36H2,1-2H3,(H,37,39);2*(H,6,7). The van der Waals surface area contributed by atoms with Gasteiger partial charge in [-0.3, -0.25) is 9.59 Å². The molecule has 0 aromatic heterocycles. The van der Waals surface area contributed by atoms with Crippen LogP contribution in [0.15, 0.2) is 97.1 Å². The highest BCUT2D eigenvalue weighted by Crippen LogP contribution is 2.34. The van der Waals surface area contributed by atoms with E-state index in [2.05, 4.69) is 5.32 Å². The monoisotopic (exact) mass is 776 g/mol. The molecule has 1 atom stereocenters. The topological polar surface area (TPSA) is 185 Å². The zero-order chi connectivity index (χ0) is 41.1. The van der Waals surface area contributed by atoms with Crippen molar-refractivity contribution in [2.45, 2.75) is 63.6 Å². The Labute approximate surface area is 311 Å². The Balaban J connectivity index is 0.000000494. The molecule has 0 spiro atoms. The highest BCUT2D eigenvalue weighted by atomic mass is 19.4. The molecule has 0 aliphatic carbocycles. The lowest BCUT2D eigenvalue weighted by atomic mass is 10.0. The quantitative estimate of drug-likeness (QED) is 0.0921. The molecule has 11 nitrogen and oxygen atoms in total. The highest BCUT2D eigenvalue weighted by Gasteiger charge is 2.39. The summed E-state index contributed by atoms with van der Waals surface area (Å²) in [7, 11) is 0. The third-order valence-corrected chi connectivity index (χ3v) is 7.59. The van der Waals surface area contributed by atoms with Crippen LogP contribution in [0.4, 0.5) is 37.7 Å². The third-order valence-electron chi connectivity index (χ3n) is 7.59. The summed E-state index contributed by atoms with van der Waals surface area (Å²) in [5.74, 6) is -4.41. The van der Waals surface area contributed by atoms with E-state index in [1.165, 1.54) is 0 Å². The number of carboxylic acids is 2. The molecule has 1 aliphatic heterocycles. The fraction of sp³-hybridized carbons (Fsp3) is 0.263. The van der Waals surface area contributed by atoms with Crippen LogP contribution < -0.4 is 26.4 Å². The molecule has 0 saturated carbocycles. The second kappa shape index (κ2) is 18.3. The maximum absolute atomic E-state index is 13.8. The molecule has 17 heteroatoms. The molecule has 1 heterocycles. The van der Waals surface area contributed by atoms with Crippen LogP contribution in [0.5, 0.6) is 11.5 Å². The van der Waals surface area contributed by atoms with Crippen molar-refractivity contribution in [3.05, 3.63) is 108 Å². The smallest absolute Gasteiger partial charge is 0.475 e. The highest BCUT2D eigenvalue weighted by molar-refractivity contribution is 6.00. The second-order valence-corrected chi connectivity index (χ2v) is 12.8. The number of aliphatic carboxylic acids is 2. The molecule has 294 valence electrons. The number of hydrogen-bond acceptors (Lipinski definition) is 7. The van der Waals surface area contributed by atoms with Gasteiger partial charge in [0.25, 0.3) is 0 Å². The van der Waals surface area contributed by atoms with Crippen molar-refractivity contribution in [2.75, 3.05) is 10.6 Å². The van der Waals surface area contributed by atoms with Crippen LogP contribution in [-0.2, 0) is 32.1 Å². The van der Waals surface area contributed by atoms with Gasteiger partial charge in [0, 0.05) is 28.9 Å². The van der Waals surface area contributed by atoms with E-state index in [0.717, 1.165) is 33.7 Å². The maximum Gasteiger partial charge on any atom is 0.490 e. The molecule has 0 radical (unpaired) electrons. The Bertz CT molecular complexity index is 1920. The van der Waals surface area contributed by atoms with E-state index in [1.54, 1.807) is 18.7 Å². The Hall–Kier alpha value is -6.10. The summed E-state index contributed by atoms with van der Waals surface area (Å²) in [5, 5.41) is 17.2. The lowest BCUT2D eigenvalue weighted by Gasteiger charge is -2.27. The number of nitrogens with two attached hydrogens (primary N) is 2. The van der Waals surface area contributed by atoms with E-state index in [-0.39, 0.29) is 18.2 Å². The number of benzene rings is 4. The second-order valence-electron chi connectivity index (χ2n) is 12.8. The molecule has 0 bridgehead atoms. The number of fused-ring (bicyclic) bond motifs is 1. The van der Waals surface area contributed by atoms with Gasteiger partial charge < -0.3 is 36.6 Å². The van der Waals surface area contributed by atoms with Gasteiger partial charge in [0.05, 0.1) is 6.54 Å². The van der Waals surface area contributed by atoms with Crippen molar-refractivity contribution in [2.24, 2.45) is 5.73 Å². The van der Waals surface area contributed by atoms with Crippen LogP contribution in [0.2, 0.25) is 0 Å². The van der Waals surface area contributed by atoms with Gasteiger partial charge in [-0.1, -0.05) is 60.7 Å². The summed E-state index contributed by atoms with van der Waals surface area (Å²) in [4.78, 5) is 46.0. The van der Waals surface area contributed by atoms with Crippen molar-refractivity contribution in [3.63, 3.8) is 0 Å². The molecule has 4 aromatic rings.